The standard InChI is InChI=1S/C21H18Cl3NO2/c1-26-21-9-7-17(11-19(21)24)25-12-15-10-16(22)6-8-20(15)27-13-14-4-2-3-5-18(14)23/h2-11,25H,12-13H2,1H3. The van der Waals surface area contributed by atoms with Gasteiger partial charge in [-0.3, -0.25) is 0 Å². The van der Waals surface area contributed by atoms with Crippen LogP contribution in [0.15, 0.2) is 60.7 Å². The maximum atomic E-state index is 6.20. The van der Waals surface area contributed by atoms with Gasteiger partial charge in [0, 0.05) is 33.4 Å². The normalized spacial score (nSPS) is 10.5. The second-order valence-corrected chi connectivity index (χ2v) is 7.09. The molecule has 0 radical (unpaired) electrons. The van der Waals surface area contributed by atoms with Crippen LogP contribution in [0, 0.1) is 0 Å². The number of nitrogens with one attached hydrogen (secondary N) is 1. The Balaban J connectivity index is 1.72. The molecule has 3 rings (SSSR count). The Morgan fingerprint density at radius 3 is 2.33 bits per heavy atom. The van der Waals surface area contributed by atoms with Crippen LogP contribution in [0.3, 0.4) is 0 Å². The van der Waals surface area contributed by atoms with E-state index < -0.39 is 0 Å². The molecule has 3 aromatic rings. The molecule has 0 aliphatic carbocycles. The van der Waals surface area contributed by atoms with Gasteiger partial charge in [0.15, 0.2) is 0 Å². The lowest BCUT2D eigenvalue weighted by Gasteiger charge is -2.14. The van der Waals surface area contributed by atoms with Crippen LogP contribution in [0.4, 0.5) is 5.69 Å². The number of rotatable bonds is 7. The van der Waals surface area contributed by atoms with Crippen molar-refractivity contribution in [1.29, 1.82) is 0 Å². The van der Waals surface area contributed by atoms with Crippen molar-refractivity contribution in [2.75, 3.05) is 12.4 Å². The average molecular weight is 423 g/mol. The summed E-state index contributed by atoms with van der Waals surface area (Å²) in [5.74, 6) is 1.38. The van der Waals surface area contributed by atoms with Crippen molar-refractivity contribution in [3.8, 4) is 11.5 Å². The Hall–Kier alpha value is -2.07. The molecule has 140 valence electrons. The minimum atomic E-state index is 0.378. The third-order valence-electron chi connectivity index (χ3n) is 4.00. The van der Waals surface area contributed by atoms with E-state index in [-0.39, 0.29) is 0 Å². The summed E-state index contributed by atoms with van der Waals surface area (Å²) in [5.41, 5.74) is 2.73. The number of benzene rings is 3. The molecule has 27 heavy (non-hydrogen) atoms. The maximum absolute atomic E-state index is 6.20. The number of halogens is 3. The Morgan fingerprint density at radius 1 is 0.815 bits per heavy atom. The molecule has 0 heterocycles. The van der Waals surface area contributed by atoms with Crippen molar-refractivity contribution >= 4 is 40.5 Å². The summed E-state index contributed by atoms with van der Waals surface area (Å²) in [6.45, 7) is 0.906. The molecule has 0 aliphatic heterocycles. The number of hydrogen-bond acceptors (Lipinski definition) is 3. The van der Waals surface area contributed by atoms with Gasteiger partial charge in [-0.25, -0.2) is 0 Å². The number of ether oxygens (including phenoxy) is 2. The molecule has 0 aliphatic rings. The molecule has 0 unspecified atom stereocenters. The van der Waals surface area contributed by atoms with Crippen molar-refractivity contribution in [3.63, 3.8) is 0 Å². The molecule has 0 bridgehead atoms. The molecule has 0 aromatic heterocycles. The third kappa shape index (κ3) is 5.23. The topological polar surface area (TPSA) is 30.5 Å². The summed E-state index contributed by atoms with van der Waals surface area (Å²) in [4.78, 5) is 0. The zero-order valence-corrected chi connectivity index (χ0v) is 16.9. The molecule has 0 amide bonds. The molecule has 3 nitrogen and oxygen atoms in total. The predicted octanol–water partition coefficient (Wildman–Crippen LogP) is 6.85. The largest absolute Gasteiger partial charge is 0.495 e. The van der Waals surface area contributed by atoms with Crippen LogP contribution < -0.4 is 14.8 Å². The van der Waals surface area contributed by atoms with Crippen LogP contribution in [-0.4, -0.2) is 7.11 Å². The highest BCUT2D eigenvalue weighted by Gasteiger charge is 2.08. The lowest BCUT2D eigenvalue weighted by molar-refractivity contribution is 0.303. The molecule has 0 saturated carbocycles. The zero-order chi connectivity index (χ0) is 19.2. The van der Waals surface area contributed by atoms with Crippen LogP contribution in [0.25, 0.3) is 0 Å². The second kappa shape index (κ2) is 9.23. The van der Waals surface area contributed by atoms with Crippen molar-refractivity contribution in [2.45, 2.75) is 13.2 Å². The fourth-order valence-corrected chi connectivity index (χ4v) is 3.21. The van der Waals surface area contributed by atoms with Crippen LogP contribution in [0.5, 0.6) is 11.5 Å². The van der Waals surface area contributed by atoms with E-state index in [1.54, 1.807) is 13.2 Å². The van der Waals surface area contributed by atoms with E-state index in [9.17, 15) is 0 Å². The van der Waals surface area contributed by atoms with Gasteiger partial charge in [0.05, 0.1) is 12.1 Å². The molecular formula is C21H18Cl3NO2. The van der Waals surface area contributed by atoms with Crippen LogP contribution in [0.1, 0.15) is 11.1 Å². The van der Waals surface area contributed by atoms with E-state index >= 15 is 0 Å². The summed E-state index contributed by atoms with van der Waals surface area (Å²) < 4.78 is 11.2. The lowest BCUT2D eigenvalue weighted by Crippen LogP contribution is -2.04. The van der Waals surface area contributed by atoms with E-state index in [1.165, 1.54) is 0 Å². The summed E-state index contributed by atoms with van der Waals surface area (Å²) in [5, 5.41) is 5.19. The average Bonchev–Trinajstić information content (AvgIpc) is 2.67. The number of methoxy groups -OCH3 is 1. The Morgan fingerprint density at radius 2 is 1.59 bits per heavy atom. The molecule has 0 atom stereocenters. The molecule has 6 heteroatoms. The summed E-state index contributed by atoms with van der Waals surface area (Å²) >= 11 is 18.5. The lowest BCUT2D eigenvalue weighted by atomic mass is 10.2. The van der Waals surface area contributed by atoms with Crippen LogP contribution in [-0.2, 0) is 13.2 Å². The fraction of sp³-hybridized carbons (Fsp3) is 0.143. The van der Waals surface area contributed by atoms with E-state index in [1.807, 2.05) is 54.6 Å². The van der Waals surface area contributed by atoms with Gasteiger partial charge in [0.25, 0.3) is 0 Å². The molecule has 0 spiro atoms. The zero-order valence-electron chi connectivity index (χ0n) is 14.6. The van der Waals surface area contributed by atoms with Gasteiger partial charge in [0.1, 0.15) is 18.1 Å². The first-order valence-corrected chi connectivity index (χ1v) is 9.42. The highest BCUT2D eigenvalue weighted by atomic mass is 35.5. The first-order valence-electron chi connectivity index (χ1n) is 8.29. The summed E-state index contributed by atoms with van der Waals surface area (Å²) in [6, 6.07) is 18.7. The quantitative estimate of drug-likeness (QED) is 0.452. The first kappa shape index (κ1) is 19.7. The minimum absolute atomic E-state index is 0.378. The van der Waals surface area contributed by atoms with E-state index in [0.29, 0.717) is 34.0 Å². The highest BCUT2D eigenvalue weighted by Crippen LogP contribution is 2.29. The minimum Gasteiger partial charge on any atom is -0.495 e. The van der Waals surface area contributed by atoms with Gasteiger partial charge in [-0.2, -0.15) is 0 Å². The Bertz CT molecular complexity index is 931. The fourth-order valence-electron chi connectivity index (χ4n) is 2.57. The smallest absolute Gasteiger partial charge is 0.137 e. The van der Waals surface area contributed by atoms with Gasteiger partial charge in [0.2, 0.25) is 0 Å². The summed E-state index contributed by atoms with van der Waals surface area (Å²) in [7, 11) is 1.59. The molecule has 0 saturated heterocycles. The van der Waals surface area contributed by atoms with Gasteiger partial charge in [-0.05, 0) is 42.5 Å². The van der Waals surface area contributed by atoms with Gasteiger partial charge >= 0.3 is 0 Å². The van der Waals surface area contributed by atoms with Gasteiger partial charge in [-0.15, -0.1) is 0 Å². The van der Waals surface area contributed by atoms with E-state index in [0.717, 1.165) is 22.6 Å². The summed E-state index contributed by atoms with van der Waals surface area (Å²) in [6.07, 6.45) is 0. The Labute approximate surface area is 173 Å². The van der Waals surface area contributed by atoms with E-state index in [2.05, 4.69) is 5.32 Å². The molecule has 1 N–H and O–H groups in total. The second-order valence-electron chi connectivity index (χ2n) is 5.84. The van der Waals surface area contributed by atoms with Gasteiger partial charge < -0.3 is 14.8 Å². The van der Waals surface area contributed by atoms with Crippen molar-refractivity contribution < 1.29 is 9.47 Å². The van der Waals surface area contributed by atoms with Crippen LogP contribution >= 0.6 is 34.8 Å². The monoisotopic (exact) mass is 421 g/mol. The number of anilines is 1. The molecular weight excluding hydrogens is 405 g/mol. The van der Waals surface area contributed by atoms with E-state index in [4.69, 9.17) is 44.3 Å². The maximum Gasteiger partial charge on any atom is 0.137 e. The molecule has 3 aromatic carbocycles. The van der Waals surface area contributed by atoms with Crippen molar-refractivity contribution in [3.05, 3.63) is 86.9 Å². The number of hydrogen-bond donors (Lipinski definition) is 1. The SMILES string of the molecule is COc1ccc(NCc2cc(Cl)ccc2OCc2ccccc2Cl)cc1Cl. The third-order valence-corrected chi connectivity index (χ3v) is 4.90. The van der Waals surface area contributed by atoms with Gasteiger partial charge in [-0.1, -0.05) is 53.0 Å². The molecule has 0 fully saturated rings. The van der Waals surface area contributed by atoms with Crippen molar-refractivity contribution in [2.24, 2.45) is 0 Å². The predicted molar refractivity (Wildman–Crippen MR) is 113 cm³/mol. The van der Waals surface area contributed by atoms with Crippen molar-refractivity contribution in [1.82, 2.24) is 0 Å². The first-order chi connectivity index (χ1) is 13.1. The van der Waals surface area contributed by atoms with Crippen LogP contribution in [0.2, 0.25) is 15.1 Å². The highest BCUT2D eigenvalue weighted by molar-refractivity contribution is 6.32. The Kier molecular flexibility index (Phi) is 6.73.